The van der Waals surface area contributed by atoms with Crippen LogP contribution in [0.15, 0.2) is 37.2 Å². The number of oxazole rings is 1. The van der Waals surface area contributed by atoms with E-state index >= 15 is 0 Å². The van der Waals surface area contributed by atoms with Gasteiger partial charge in [-0.2, -0.15) is 0 Å². The zero-order valence-corrected chi connectivity index (χ0v) is 14.6. The van der Waals surface area contributed by atoms with Gasteiger partial charge in [0.25, 0.3) is 5.22 Å². The molecule has 0 bridgehead atoms. The third-order valence-electron chi connectivity index (χ3n) is 3.16. The van der Waals surface area contributed by atoms with E-state index < -0.39 is 0 Å². The zero-order chi connectivity index (χ0) is 14.7. The van der Waals surface area contributed by atoms with Gasteiger partial charge in [-0.25, -0.2) is 4.98 Å². The van der Waals surface area contributed by atoms with Crippen LogP contribution in [0, 0.1) is 13.8 Å². The molecule has 0 aliphatic carbocycles. The van der Waals surface area contributed by atoms with Crippen LogP contribution >= 0.6 is 27.7 Å². The number of hydrogen-bond donors (Lipinski definition) is 1. The Morgan fingerprint density at radius 1 is 1.40 bits per heavy atom. The minimum absolute atomic E-state index is 0.333. The summed E-state index contributed by atoms with van der Waals surface area (Å²) in [6.07, 6.45) is 0. The minimum atomic E-state index is 0.333. The van der Waals surface area contributed by atoms with E-state index in [4.69, 9.17) is 4.42 Å². The van der Waals surface area contributed by atoms with E-state index in [1.54, 1.807) is 11.8 Å². The molecule has 1 aromatic heterocycles. The van der Waals surface area contributed by atoms with E-state index in [-0.39, 0.29) is 0 Å². The smallest absolute Gasteiger partial charge is 0.260 e. The van der Waals surface area contributed by atoms with Crippen molar-refractivity contribution >= 4 is 27.7 Å². The van der Waals surface area contributed by atoms with Gasteiger partial charge in [0, 0.05) is 15.4 Å². The standard InChI is InChI=1S/C15H19BrN2OS/c1-5-17-10(3)13-7-6-12(8-14(13)16)20-15-18-9(2)11(4)19-15/h6-8,10,17H,5H2,1-4H3. The summed E-state index contributed by atoms with van der Waals surface area (Å²) in [5.74, 6) is 0.879. The molecule has 20 heavy (non-hydrogen) atoms. The van der Waals surface area contributed by atoms with E-state index in [0.29, 0.717) is 11.3 Å². The molecule has 1 heterocycles. The number of halogens is 1. The Labute approximate surface area is 132 Å². The maximum Gasteiger partial charge on any atom is 0.260 e. The molecule has 0 saturated carbocycles. The molecule has 0 amide bonds. The predicted molar refractivity (Wildman–Crippen MR) is 86.3 cm³/mol. The van der Waals surface area contributed by atoms with E-state index in [0.717, 1.165) is 27.4 Å². The van der Waals surface area contributed by atoms with Crippen molar-refractivity contribution in [2.75, 3.05) is 6.54 Å². The van der Waals surface area contributed by atoms with E-state index in [1.165, 1.54) is 5.56 Å². The molecule has 5 heteroatoms. The van der Waals surface area contributed by atoms with Gasteiger partial charge in [-0.15, -0.1) is 0 Å². The summed E-state index contributed by atoms with van der Waals surface area (Å²) in [6.45, 7) is 9.13. The molecular weight excluding hydrogens is 336 g/mol. The second kappa shape index (κ2) is 6.78. The molecule has 1 atom stereocenters. The molecule has 3 nitrogen and oxygen atoms in total. The van der Waals surface area contributed by atoms with Crippen molar-refractivity contribution in [2.24, 2.45) is 0 Å². The first kappa shape index (κ1) is 15.6. The molecule has 0 aliphatic rings. The van der Waals surface area contributed by atoms with Crippen molar-refractivity contribution in [3.05, 3.63) is 39.7 Å². The first-order valence-electron chi connectivity index (χ1n) is 6.66. The van der Waals surface area contributed by atoms with Gasteiger partial charge in [-0.3, -0.25) is 0 Å². The van der Waals surface area contributed by atoms with Crippen LogP contribution in [-0.2, 0) is 0 Å². The number of nitrogens with zero attached hydrogens (tertiary/aromatic N) is 1. The van der Waals surface area contributed by atoms with Crippen LogP contribution in [0.1, 0.15) is 36.9 Å². The maximum absolute atomic E-state index is 5.60. The second-order valence-corrected chi connectivity index (χ2v) is 6.57. The van der Waals surface area contributed by atoms with E-state index in [2.05, 4.69) is 58.3 Å². The van der Waals surface area contributed by atoms with Crippen molar-refractivity contribution in [1.29, 1.82) is 0 Å². The van der Waals surface area contributed by atoms with Crippen molar-refractivity contribution < 1.29 is 4.42 Å². The van der Waals surface area contributed by atoms with Crippen molar-refractivity contribution in [3.8, 4) is 0 Å². The fraction of sp³-hybridized carbons (Fsp3) is 0.400. The van der Waals surface area contributed by atoms with Crippen LogP contribution in [0.4, 0.5) is 0 Å². The Morgan fingerprint density at radius 3 is 2.70 bits per heavy atom. The first-order valence-corrected chi connectivity index (χ1v) is 8.27. The Hall–Kier alpha value is -0.780. The molecule has 2 rings (SSSR count). The molecule has 0 spiro atoms. The Balaban J connectivity index is 2.16. The lowest BCUT2D eigenvalue weighted by atomic mass is 10.1. The first-order chi connectivity index (χ1) is 9.51. The SMILES string of the molecule is CCNC(C)c1ccc(Sc2nc(C)c(C)o2)cc1Br. The monoisotopic (exact) mass is 354 g/mol. The molecule has 2 aromatic rings. The molecule has 0 saturated heterocycles. The number of hydrogen-bond acceptors (Lipinski definition) is 4. The quantitative estimate of drug-likeness (QED) is 0.830. The van der Waals surface area contributed by atoms with Gasteiger partial charge in [0.1, 0.15) is 5.76 Å². The summed E-state index contributed by atoms with van der Waals surface area (Å²) >= 11 is 5.19. The second-order valence-electron chi connectivity index (χ2n) is 4.69. The molecular formula is C15H19BrN2OS. The van der Waals surface area contributed by atoms with Crippen LogP contribution in [0.25, 0.3) is 0 Å². The van der Waals surface area contributed by atoms with Crippen molar-refractivity contribution in [2.45, 2.75) is 43.9 Å². The summed E-state index contributed by atoms with van der Waals surface area (Å²) < 4.78 is 6.71. The Kier molecular flexibility index (Phi) is 5.29. The number of rotatable bonds is 5. The molecule has 1 unspecified atom stereocenters. The summed E-state index contributed by atoms with van der Waals surface area (Å²) in [7, 11) is 0. The third-order valence-corrected chi connectivity index (χ3v) is 4.69. The van der Waals surface area contributed by atoms with Crippen LogP contribution in [-0.4, -0.2) is 11.5 Å². The molecule has 0 radical (unpaired) electrons. The number of nitrogens with one attached hydrogen (secondary N) is 1. The minimum Gasteiger partial charge on any atom is -0.436 e. The Bertz CT molecular complexity index is 578. The topological polar surface area (TPSA) is 38.1 Å². The highest BCUT2D eigenvalue weighted by Crippen LogP contribution is 2.33. The maximum atomic E-state index is 5.60. The molecule has 0 aliphatic heterocycles. The van der Waals surface area contributed by atoms with Crippen LogP contribution in [0.2, 0.25) is 0 Å². The predicted octanol–water partition coefficient (Wildman–Crippen LogP) is 4.88. The Morgan fingerprint density at radius 2 is 2.15 bits per heavy atom. The highest BCUT2D eigenvalue weighted by molar-refractivity contribution is 9.10. The van der Waals surface area contributed by atoms with Crippen LogP contribution < -0.4 is 5.32 Å². The lowest BCUT2D eigenvalue weighted by molar-refractivity contribution is 0.431. The third kappa shape index (κ3) is 3.65. The molecule has 1 N–H and O–H groups in total. The summed E-state index contributed by atoms with van der Waals surface area (Å²) in [4.78, 5) is 5.51. The van der Waals surface area contributed by atoms with E-state index in [1.807, 2.05) is 13.8 Å². The summed E-state index contributed by atoms with van der Waals surface area (Å²) in [6, 6.07) is 6.69. The molecule has 108 valence electrons. The number of aryl methyl sites for hydroxylation is 2. The van der Waals surface area contributed by atoms with Gasteiger partial charge in [-0.05, 0) is 56.8 Å². The highest BCUT2D eigenvalue weighted by Gasteiger charge is 2.11. The average Bonchev–Trinajstić information content (AvgIpc) is 2.68. The fourth-order valence-electron chi connectivity index (χ4n) is 1.93. The summed E-state index contributed by atoms with van der Waals surface area (Å²) in [5, 5.41) is 4.11. The van der Waals surface area contributed by atoms with Gasteiger partial charge < -0.3 is 9.73 Å². The molecule has 0 fully saturated rings. The summed E-state index contributed by atoms with van der Waals surface area (Å²) in [5.41, 5.74) is 2.21. The zero-order valence-electron chi connectivity index (χ0n) is 12.2. The lowest BCUT2D eigenvalue weighted by Gasteiger charge is -2.15. The number of benzene rings is 1. The average molecular weight is 355 g/mol. The van der Waals surface area contributed by atoms with Gasteiger partial charge in [-0.1, -0.05) is 28.9 Å². The van der Waals surface area contributed by atoms with E-state index in [9.17, 15) is 0 Å². The highest BCUT2D eigenvalue weighted by atomic mass is 79.9. The van der Waals surface area contributed by atoms with Crippen LogP contribution in [0.3, 0.4) is 0 Å². The normalized spacial score (nSPS) is 12.7. The van der Waals surface area contributed by atoms with Gasteiger partial charge in [0.05, 0.1) is 5.69 Å². The van der Waals surface area contributed by atoms with Gasteiger partial charge >= 0.3 is 0 Å². The lowest BCUT2D eigenvalue weighted by Crippen LogP contribution is -2.17. The van der Waals surface area contributed by atoms with Gasteiger partial charge in [0.2, 0.25) is 0 Å². The largest absolute Gasteiger partial charge is 0.436 e. The number of aromatic nitrogens is 1. The van der Waals surface area contributed by atoms with Crippen molar-refractivity contribution in [1.82, 2.24) is 10.3 Å². The van der Waals surface area contributed by atoms with Gasteiger partial charge in [0.15, 0.2) is 0 Å². The van der Waals surface area contributed by atoms with Crippen molar-refractivity contribution in [3.63, 3.8) is 0 Å². The van der Waals surface area contributed by atoms with Crippen LogP contribution in [0.5, 0.6) is 0 Å². The fourth-order valence-corrected chi connectivity index (χ4v) is 3.66. The molecule has 1 aromatic carbocycles.